The largest absolute Gasteiger partial charge is 0.365 e. The topological polar surface area (TPSA) is 122 Å². The third-order valence-corrected chi connectivity index (χ3v) is 6.06. The quantitative estimate of drug-likeness (QED) is 0.425. The van der Waals surface area contributed by atoms with E-state index in [1.807, 2.05) is 0 Å². The first-order valence-electron chi connectivity index (χ1n) is 8.86. The first-order chi connectivity index (χ1) is 14.3. The van der Waals surface area contributed by atoms with Crippen LogP contribution in [0.2, 0.25) is 0 Å². The van der Waals surface area contributed by atoms with Gasteiger partial charge in [0.05, 0.1) is 16.7 Å². The second-order valence-corrected chi connectivity index (χ2v) is 7.87. The Bertz CT molecular complexity index is 1080. The molecule has 0 aliphatic carbocycles. The normalized spacial score (nSPS) is 20.1. The van der Waals surface area contributed by atoms with Crippen LogP contribution in [-0.4, -0.2) is 46.1 Å². The summed E-state index contributed by atoms with van der Waals surface area (Å²) < 4.78 is 0. The summed E-state index contributed by atoms with van der Waals surface area (Å²) in [6.45, 7) is 1.57. The lowest BCUT2D eigenvalue weighted by Gasteiger charge is -2.20. The lowest BCUT2D eigenvalue weighted by atomic mass is 10.1. The van der Waals surface area contributed by atoms with Crippen LogP contribution in [0.15, 0.2) is 53.4 Å². The Hall–Kier alpha value is -3.66. The van der Waals surface area contributed by atoms with Crippen molar-refractivity contribution in [1.29, 1.82) is 0 Å². The van der Waals surface area contributed by atoms with Gasteiger partial charge < -0.3 is 10.2 Å². The van der Waals surface area contributed by atoms with Crippen molar-refractivity contribution in [2.24, 2.45) is 0 Å². The number of rotatable bonds is 5. The van der Waals surface area contributed by atoms with Crippen LogP contribution >= 0.6 is 11.8 Å². The number of nitrogens with one attached hydrogen (secondary N) is 2. The number of hydrogen-bond donors (Lipinski definition) is 2. The lowest BCUT2D eigenvalue weighted by Crippen LogP contribution is -2.46. The Morgan fingerprint density at radius 2 is 1.60 bits per heavy atom. The Morgan fingerprint density at radius 1 is 1.00 bits per heavy atom. The maximum absolute atomic E-state index is 12.7. The van der Waals surface area contributed by atoms with Gasteiger partial charge in [-0.05, 0) is 31.2 Å². The molecule has 0 aromatic heterocycles. The monoisotopic (exact) mass is 425 g/mol. The highest BCUT2D eigenvalue weighted by Gasteiger charge is 2.42. The van der Waals surface area contributed by atoms with Crippen LogP contribution in [0, 0.1) is 0 Å². The molecule has 0 radical (unpaired) electrons. The number of imide groups is 2. The molecule has 2 heterocycles. The van der Waals surface area contributed by atoms with E-state index in [1.165, 1.54) is 18.2 Å². The zero-order chi connectivity index (χ0) is 21.5. The Kier molecular flexibility index (Phi) is 4.78. The number of carbonyl (C=O) groups is 5. The number of carbonyl (C=O) groups excluding carboxylic acids is 5. The van der Waals surface area contributed by atoms with Gasteiger partial charge in [-0.2, -0.15) is 0 Å². The summed E-state index contributed by atoms with van der Waals surface area (Å²) in [6, 6.07) is 12.0. The van der Waals surface area contributed by atoms with Crippen LogP contribution in [0.25, 0.3) is 0 Å². The summed E-state index contributed by atoms with van der Waals surface area (Å²) in [4.78, 5) is 66.5. The van der Waals surface area contributed by atoms with Gasteiger partial charge in [0, 0.05) is 10.6 Å². The van der Waals surface area contributed by atoms with E-state index in [1.54, 1.807) is 37.3 Å². The summed E-state index contributed by atoms with van der Waals surface area (Å²) in [6.07, 6.45) is 0. The van der Waals surface area contributed by atoms with Crippen molar-refractivity contribution in [2.75, 3.05) is 5.75 Å². The molecule has 0 saturated carbocycles. The Labute approximate surface area is 174 Å². The molecule has 1 saturated heterocycles. The summed E-state index contributed by atoms with van der Waals surface area (Å²) >= 11 is 1.16. The van der Waals surface area contributed by atoms with Gasteiger partial charge >= 0.3 is 12.0 Å². The highest BCUT2D eigenvalue weighted by atomic mass is 32.2. The van der Waals surface area contributed by atoms with Crippen molar-refractivity contribution in [3.05, 3.63) is 65.2 Å². The molecule has 1 fully saturated rings. The second-order valence-electron chi connectivity index (χ2n) is 6.85. The predicted octanol–water partition coefficient (Wildman–Crippen LogP) is 1.74. The molecule has 9 nitrogen and oxygen atoms in total. The molecule has 2 aromatic carbocycles. The molecule has 2 aromatic rings. The van der Waals surface area contributed by atoms with Crippen LogP contribution in [0.3, 0.4) is 0 Å². The number of hydrogen-bond acceptors (Lipinski definition) is 7. The fraction of sp³-hybridized carbons (Fsp3) is 0.150. The number of thioether (sulfide) groups is 1. The number of fused-ring (bicyclic) bond motifs is 1. The first-order valence-corrected chi connectivity index (χ1v) is 9.84. The number of urea groups is 1. The number of amides is 5. The highest BCUT2D eigenvalue weighted by Crippen LogP contribution is 2.29. The molecule has 152 valence electrons. The molecule has 4 rings (SSSR count). The summed E-state index contributed by atoms with van der Waals surface area (Å²) in [5, 5.41) is 5.16. The van der Waals surface area contributed by atoms with Crippen LogP contribution in [0.1, 0.15) is 38.0 Å². The van der Waals surface area contributed by atoms with Crippen molar-refractivity contribution < 1.29 is 28.8 Å². The van der Waals surface area contributed by atoms with Crippen LogP contribution in [0.5, 0.6) is 0 Å². The molecule has 30 heavy (non-hydrogen) atoms. The fourth-order valence-corrected chi connectivity index (χ4v) is 4.18. The van der Waals surface area contributed by atoms with Gasteiger partial charge in [0.1, 0.15) is 5.54 Å². The average Bonchev–Trinajstić information content (AvgIpc) is 3.13. The second kappa shape index (κ2) is 7.30. The van der Waals surface area contributed by atoms with Crippen LogP contribution in [0.4, 0.5) is 4.79 Å². The minimum Gasteiger partial charge on any atom is -0.324 e. The van der Waals surface area contributed by atoms with Crippen molar-refractivity contribution >= 4 is 41.5 Å². The van der Waals surface area contributed by atoms with E-state index in [0.29, 0.717) is 9.96 Å². The first kappa shape index (κ1) is 19.6. The van der Waals surface area contributed by atoms with E-state index in [9.17, 15) is 24.0 Å². The van der Waals surface area contributed by atoms with Crippen molar-refractivity contribution in [1.82, 2.24) is 15.7 Å². The van der Waals surface area contributed by atoms with Gasteiger partial charge in [-0.25, -0.2) is 9.59 Å². The Balaban J connectivity index is 1.51. The van der Waals surface area contributed by atoms with E-state index in [0.717, 1.165) is 11.8 Å². The summed E-state index contributed by atoms with van der Waals surface area (Å²) in [7, 11) is 0. The van der Waals surface area contributed by atoms with E-state index in [4.69, 9.17) is 4.84 Å². The Morgan fingerprint density at radius 3 is 2.20 bits per heavy atom. The fourth-order valence-electron chi connectivity index (χ4n) is 3.05. The molecule has 2 N–H and O–H groups in total. The van der Waals surface area contributed by atoms with E-state index in [-0.39, 0.29) is 22.4 Å². The third-order valence-electron chi connectivity index (χ3n) is 4.67. The van der Waals surface area contributed by atoms with Crippen molar-refractivity contribution in [3.63, 3.8) is 0 Å². The molecule has 1 unspecified atom stereocenters. The van der Waals surface area contributed by atoms with Crippen LogP contribution in [-0.2, 0) is 9.63 Å². The molecule has 1 atom stereocenters. The predicted molar refractivity (Wildman–Crippen MR) is 105 cm³/mol. The zero-order valence-electron chi connectivity index (χ0n) is 15.6. The van der Waals surface area contributed by atoms with Gasteiger partial charge in [0.15, 0.2) is 0 Å². The molecular weight excluding hydrogens is 410 g/mol. The average molecular weight is 425 g/mol. The SMILES string of the molecule is CC1(CSc2ccccc2C(=O)ON2C(=O)c3ccccc3C2=O)NC(=O)NC1=O. The standard InChI is InChI=1S/C20H15N3O6S/c1-20(18(27)21-19(28)22-20)10-30-14-9-5-4-8-13(14)17(26)29-23-15(24)11-6-2-3-7-12(11)16(23)25/h2-9H,10H2,1H3,(H2,21,22,27,28). The zero-order valence-corrected chi connectivity index (χ0v) is 16.4. The van der Waals surface area contributed by atoms with E-state index >= 15 is 0 Å². The van der Waals surface area contributed by atoms with Gasteiger partial charge in [-0.3, -0.25) is 19.7 Å². The van der Waals surface area contributed by atoms with Gasteiger partial charge in [0.25, 0.3) is 17.7 Å². The smallest absolute Gasteiger partial charge is 0.324 e. The summed E-state index contributed by atoms with van der Waals surface area (Å²) in [5.74, 6) is -2.63. The maximum Gasteiger partial charge on any atom is 0.365 e. The number of hydroxylamine groups is 2. The minimum absolute atomic E-state index is 0.118. The van der Waals surface area contributed by atoms with Gasteiger partial charge in [-0.1, -0.05) is 29.3 Å². The number of nitrogens with zero attached hydrogens (tertiary/aromatic N) is 1. The van der Waals surface area contributed by atoms with Gasteiger partial charge in [0.2, 0.25) is 0 Å². The van der Waals surface area contributed by atoms with E-state index < -0.39 is 35.3 Å². The molecule has 2 aliphatic heterocycles. The molecular formula is C20H15N3O6S. The van der Waals surface area contributed by atoms with Gasteiger partial charge in [-0.15, -0.1) is 11.8 Å². The number of benzene rings is 2. The molecule has 5 amide bonds. The third kappa shape index (κ3) is 3.30. The molecule has 2 aliphatic rings. The van der Waals surface area contributed by atoms with Crippen LogP contribution < -0.4 is 10.6 Å². The lowest BCUT2D eigenvalue weighted by molar-refractivity contribution is -0.122. The van der Waals surface area contributed by atoms with E-state index in [2.05, 4.69) is 10.6 Å². The van der Waals surface area contributed by atoms with Crippen molar-refractivity contribution in [3.8, 4) is 0 Å². The van der Waals surface area contributed by atoms with Crippen molar-refractivity contribution in [2.45, 2.75) is 17.4 Å². The molecule has 0 bridgehead atoms. The highest BCUT2D eigenvalue weighted by molar-refractivity contribution is 7.99. The summed E-state index contributed by atoms with van der Waals surface area (Å²) in [5.41, 5.74) is -0.698. The molecule has 0 spiro atoms. The minimum atomic E-state index is -1.14. The molecule has 10 heteroatoms. The maximum atomic E-state index is 12.7.